The van der Waals surface area contributed by atoms with Gasteiger partial charge < -0.3 is 10.5 Å². The average Bonchev–Trinajstić information content (AvgIpc) is 2.23. The van der Waals surface area contributed by atoms with Crippen molar-refractivity contribution in [2.24, 2.45) is 0 Å². The van der Waals surface area contributed by atoms with Crippen LogP contribution in [-0.2, 0) is 4.74 Å². The highest BCUT2D eigenvalue weighted by atomic mass is 16.6. The highest BCUT2D eigenvalue weighted by Gasteiger charge is 2.07. The maximum Gasteiger partial charge on any atom is 0.411 e. The van der Waals surface area contributed by atoms with Crippen molar-refractivity contribution in [1.29, 1.82) is 0 Å². The summed E-state index contributed by atoms with van der Waals surface area (Å²) < 4.78 is 5.08. The Labute approximate surface area is 95.8 Å². The van der Waals surface area contributed by atoms with Gasteiger partial charge in [-0.1, -0.05) is 13.0 Å². The number of benzene rings is 1. The van der Waals surface area contributed by atoms with Crippen LogP contribution in [0.3, 0.4) is 0 Å². The fourth-order valence-corrected chi connectivity index (χ4v) is 1.13. The molecule has 0 aromatic heterocycles. The number of nitrogens with one attached hydrogen (secondary N) is 1. The fraction of sp³-hybridized carbons (Fsp3) is 0.417. The smallest absolute Gasteiger partial charge is 0.411 e. The van der Waals surface area contributed by atoms with Gasteiger partial charge >= 0.3 is 6.09 Å². The Morgan fingerprint density at radius 2 is 2.25 bits per heavy atom. The van der Waals surface area contributed by atoms with Gasteiger partial charge in [-0.05, 0) is 38.0 Å². The van der Waals surface area contributed by atoms with Crippen LogP contribution >= 0.6 is 0 Å². The summed E-state index contributed by atoms with van der Waals surface area (Å²) in [6.07, 6.45) is 0.268. The maximum absolute atomic E-state index is 11.4. The van der Waals surface area contributed by atoms with E-state index in [9.17, 15) is 4.79 Å². The maximum atomic E-state index is 11.4. The zero-order chi connectivity index (χ0) is 12.1. The lowest BCUT2D eigenvalue weighted by molar-refractivity contribution is 0.118. The summed E-state index contributed by atoms with van der Waals surface area (Å²) in [6.45, 7) is 5.72. The van der Waals surface area contributed by atoms with E-state index < -0.39 is 6.09 Å². The van der Waals surface area contributed by atoms with Crippen molar-refractivity contribution >= 4 is 17.5 Å². The number of rotatable bonds is 3. The van der Waals surface area contributed by atoms with Gasteiger partial charge in [-0.15, -0.1) is 0 Å². The molecule has 1 unspecified atom stereocenters. The SMILES string of the molecule is CCC(C)OC(=O)Nc1ccc(C)c(N)c1. The molecule has 0 heterocycles. The van der Waals surface area contributed by atoms with E-state index in [2.05, 4.69) is 5.32 Å². The van der Waals surface area contributed by atoms with Crippen molar-refractivity contribution in [3.8, 4) is 0 Å². The largest absolute Gasteiger partial charge is 0.446 e. The molecular formula is C12H18N2O2. The Balaban J connectivity index is 2.59. The first-order valence-electron chi connectivity index (χ1n) is 5.36. The Kier molecular flexibility index (Phi) is 4.17. The van der Waals surface area contributed by atoms with Gasteiger partial charge in [0, 0.05) is 11.4 Å². The number of hydrogen-bond acceptors (Lipinski definition) is 3. The van der Waals surface area contributed by atoms with Gasteiger partial charge in [0.1, 0.15) is 6.10 Å². The Morgan fingerprint density at radius 1 is 1.56 bits per heavy atom. The highest BCUT2D eigenvalue weighted by Crippen LogP contribution is 2.17. The molecule has 0 saturated heterocycles. The molecular weight excluding hydrogens is 204 g/mol. The lowest BCUT2D eigenvalue weighted by Crippen LogP contribution is -2.19. The van der Waals surface area contributed by atoms with Crippen molar-refractivity contribution in [2.75, 3.05) is 11.1 Å². The van der Waals surface area contributed by atoms with E-state index in [1.54, 1.807) is 12.1 Å². The van der Waals surface area contributed by atoms with Gasteiger partial charge in [-0.2, -0.15) is 0 Å². The van der Waals surface area contributed by atoms with E-state index >= 15 is 0 Å². The summed E-state index contributed by atoms with van der Waals surface area (Å²) in [6, 6.07) is 5.37. The van der Waals surface area contributed by atoms with Crippen molar-refractivity contribution in [3.05, 3.63) is 23.8 Å². The molecule has 0 spiro atoms. The Morgan fingerprint density at radius 3 is 2.81 bits per heavy atom. The molecule has 0 fully saturated rings. The first kappa shape index (κ1) is 12.4. The van der Waals surface area contributed by atoms with Gasteiger partial charge in [0.25, 0.3) is 0 Å². The van der Waals surface area contributed by atoms with Gasteiger partial charge in [0.2, 0.25) is 0 Å². The van der Waals surface area contributed by atoms with E-state index in [-0.39, 0.29) is 6.10 Å². The first-order chi connectivity index (χ1) is 7.52. The van der Waals surface area contributed by atoms with Crippen LogP contribution in [0.5, 0.6) is 0 Å². The molecule has 1 aromatic carbocycles. The number of nitrogens with two attached hydrogens (primary N) is 1. The number of nitrogen functional groups attached to an aromatic ring is 1. The minimum Gasteiger partial charge on any atom is -0.446 e. The van der Waals surface area contributed by atoms with Crippen molar-refractivity contribution in [3.63, 3.8) is 0 Å². The number of ether oxygens (including phenoxy) is 1. The molecule has 3 N–H and O–H groups in total. The number of hydrogen-bond donors (Lipinski definition) is 2. The van der Waals surface area contributed by atoms with Crippen LogP contribution in [0.4, 0.5) is 16.2 Å². The van der Waals surface area contributed by atoms with Gasteiger partial charge in [-0.25, -0.2) is 4.79 Å². The molecule has 1 amide bonds. The zero-order valence-electron chi connectivity index (χ0n) is 9.91. The van der Waals surface area contributed by atoms with E-state index in [1.165, 1.54) is 0 Å². The predicted molar refractivity (Wildman–Crippen MR) is 65.4 cm³/mol. The van der Waals surface area contributed by atoms with E-state index in [0.29, 0.717) is 11.4 Å². The third kappa shape index (κ3) is 3.46. The van der Waals surface area contributed by atoms with Gasteiger partial charge in [-0.3, -0.25) is 5.32 Å². The van der Waals surface area contributed by atoms with Gasteiger partial charge in [0.05, 0.1) is 0 Å². The van der Waals surface area contributed by atoms with Crippen molar-refractivity contribution in [1.82, 2.24) is 0 Å². The third-order valence-corrected chi connectivity index (χ3v) is 2.41. The lowest BCUT2D eigenvalue weighted by atomic mass is 10.2. The molecule has 0 aliphatic rings. The van der Waals surface area contributed by atoms with Gasteiger partial charge in [0.15, 0.2) is 0 Å². The molecule has 0 saturated carbocycles. The second-order valence-corrected chi connectivity index (χ2v) is 3.82. The highest BCUT2D eigenvalue weighted by molar-refractivity contribution is 5.85. The van der Waals surface area contributed by atoms with Crippen LogP contribution in [0.1, 0.15) is 25.8 Å². The van der Waals surface area contributed by atoms with Crippen LogP contribution in [0.25, 0.3) is 0 Å². The van der Waals surface area contributed by atoms with Crippen LogP contribution in [0, 0.1) is 6.92 Å². The molecule has 1 atom stereocenters. The lowest BCUT2D eigenvalue weighted by Gasteiger charge is -2.12. The number of aryl methyl sites for hydroxylation is 1. The molecule has 0 aliphatic heterocycles. The minimum absolute atomic E-state index is 0.0807. The molecule has 4 nitrogen and oxygen atoms in total. The van der Waals surface area contributed by atoms with Crippen LogP contribution in [0.2, 0.25) is 0 Å². The molecule has 0 bridgehead atoms. The molecule has 16 heavy (non-hydrogen) atoms. The van der Waals surface area contributed by atoms with Crippen LogP contribution in [-0.4, -0.2) is 12.2 Å². The standard InChI is InChI=1S/C12H18N2O2/c1-4-9(3)16-12(15)14-10-6-5-8(2)11(13)7-10/h5-7,9H,4,13H2,1-3H3,(H,14,15). The van der Waals surface area contributed by atoms with E-state index in [0.717, 1.165) is 12.0 Å². The summed E-state index contributed by atoms with van der Waals surface area (Å²) in [5.74, 6) is 0. The topological polar surface area (TPSA) is 64.3 Å². The fourth-order valence-electron chi connectivity index (χ4n) is 1.13. The molecule has 88 valence electrons. The number of carbonyl (C=O) groups excluding carboxylic acids is 1. The molecule has 0 radical (unpaired) electrons. The number of amides is 1. The van der Waals surface area contributed by atoms with Crippen LogP contribution < -0.4 is 11.1 Å². The van der Waals surface area contributed by atoms with E-state index in [4.69, 9.17) is 10.5 Å². The summed E-state index contributed by atoms with van der Waals surface area (Å²) in [5, 5.41) is 2.63. The first-order valence-corrected chi connectivity index (χ1v) is 5.36. The second kappa shape index (κ2) is 5.39. The Hall–Kier alpha value is -1.71. The molecule has 1 aromatic rings. The summed E-state index contributed by atoms with van der Waals surface area (Å²) >= 11 is 0. The van der Waals surface area contributed by atoms with Crippen molar-refractivity contribution < 1.29 is 9.53 Å². The normalized spacial score (nSPS) is 11.9. The Bertz CT molecular complexity index is 377. The van der Waals surface area contributed by atoms with Crippen LogP contribution in [0.15, 0.2) is 18.2 Å². The number of carbonyl (C=O) groups is 1. The third-order valence-electron chi connectivity index (χ3n) is 2.41. The van der Waals surface area contributed by atoms with E-state index in [1.807, 2.05) is 26.8 Å². The molecule has 1 rings (SSSR count). The summed E-state index contributed by atoms with van der Waals surface area (Å²) in [7, 11) is 0. The zero-order valence-corrected chi connectivity index (χ0v) is 9.91. The average molecular weight is 222 g/mol. The summed E-state index contributed by atoms with van der Waals surface area (Å²) in [4.78, 5) is 11.4. The predicted octanol–water partition coefficient (Wildman–Crippen LogP) is 2.92. The summed E-state index contributed by atoms with van der Waals surface area (Å²) in [5.41, 5.74) is 8.02. The monoisotopic (exact) mass is 222 g/mol. The quantitative estimate of drug-likeness (QED) is 0.773. The number of anilines is 2. The minimum atomic E-state index is -0.447. The van der Waals surface area contributed by atoms with Crippen molar-refractivity contribution in [2.45, 2.75) is 33.3 Å². The molecule has 4 heteroatoms. The molecule has 0 aliphatic carbocycles. The second-order valence-electron chi connectivity index (χ2n) is 3.82.